The van der Waals surface area contributed by atoms with E-state index >= 15 is 0 Å². The molecular weight excluding hydrogens is 333 g/mol. The quantitative estimate of drug-likeness (QED) is 0.684. The van der Waals surface area contributed by atoms with Gasteiger partial charge in [-0.2, -0.15) is 0 Å². The number of rotatable bonds is 6. The van der Waals surface area contributed by atoms with Gasteiger partial charge in [-0.15, -0.1) is 0 Å². The van der Waals surface area contributed by atoms with Gasteiger partial charge in [0.05, 0.1) is 0 Å². The van der Waals surface area contributed by atoms with Crippen molar-refractivity contribution in [3.63, 3.8) is 0 Å². The lowest BCUT2D eigenvalue weighted by atomic mass is 10.2. The van der Waals surface area contributed by atoms with E-state index in [1.165, 1.54) is 6.07 Å². The first-order valence-electron chi connectivity index (χ1n) is 8.12. The molecule has 3 aromatic rings. The van der Waals surface area contributed by atoms with Crippen LogP contribution >= 0.6 is 0 Å². The van der Waals surface area contributed by atoms with E-state index in [1.807, 2.05) is 30.3 Å². The number of ether oxygens (including phenoxy) is 2. The van der Waals surface area contributed by atoms with Crippen molar-refractivity contribution in [1.82, 2.24) is 0 Å². The van der Waals surface area contributed by atoms with Crippen LogP contribution in [-0.2, 0) is 4.79 Å². The molecule has 0 unspecified atom stereocenters. The van der Waals surface area contributed by atoms with Crippen LogP contribution in [0.25, 0.3) is 0 Å². The van der Waals surface area contributed by atoms with E-state index in [0.29, 0.717) is 22.7 Å². The van der Waals surface area contributed by atoms with Crippen molar-refractivity contribution in [2.75, 3.05) is 11.9 Å². The Morgan fingerprint density at radius 2 is 1.58 bits per heavy atom. The molecule has 0 spiro atoms. The summed E-state index contributed by atoms with van der Waals surface area (Å²) in [6, 6.07) is 20.9. The lowest BCUT2D eigenvalue weighted by Crippen LogP contribution is -2.20. The maximum atomic E-state index is 13.5. The number of nitrogens with one attached hydrogen (secondary N) is 1. The lowest BCUT2D eigenvalue weighted by molar-refractivity contribution is -0.118. The zero-order valence-electron chi connectivity index (χ0n) is 14.2. The number of hydrogen-bond donors (Lipinski definition) is 1. The number of anilines is 1. The fourth-order valence-electron chi connectivity index (χ4n) is 2.25. The van der Waals surface area contributed by atoms with Crippen LogP contribution < -0.4 is 14.8 Å². The van der Waals surface area contributed by atoms with Crippen LogP contribution in [0.3, 0.4) is 0 Å². The molecule has 3 rings (SSSR count). The summed E-state index contributed by atoms with van der Waals surface area (Å²) in [5, 5.41) is 2.60. The second-order valence-corrected chi connectivity index (χ2v) is 5.69. The van der Waals surface area contributed by atoms with Crippen molar-refractivity contribution in [2.24, 2.45) is 0 Å². The molecule has 0 aromatic heterocycles. The van der Waals surface area contributed by atoms with E-state index in [1.54, 1.807) is 43.3 Å². The first-order valence-corrected chi connectivity index (χ1v) is 8.12. The van der Waals surface area contributed by atoms with E-state index < -0.39 is 0 Å². The zero-order valence-corrected chi connectivity index (χ0v) is 14.2. The summed E-state index contributed by atoms with van der Waals surface area (Å²) in [5.74, 6) is 1.22. The van der Waals surface area contributed by atoms with E-state index in [2.05, 4.69) is 5.32 Å². The van der Waals surface area contributed by atoms with Gasteiger partial charge in [-0.3, -0.25) is 4.79 Å². The molecule has 0 atom stereocenters. The van der Waals surface area contributed by atoms with Crippen molar-refractivity contribution in [2.45, 2.75) is 6.92 Å². The van der Waals surface area contributed by atoms with Gasteiger partial charge in [-0.25, -0.2) is 4.39 Å². The van der Waals surface area contributed by atoms with Crippen molar-refractivity contribution in [1.29, 1.82) is 0 Å². The summed E-state index contributed by atoms with van der Waals surface area (Å²) < 4.78 is 24.6. The van der Waals surface area contributed by atoms with Crippen LogP contribution in [0, 0.1) is 12.7 Å². The summed E-state index contributed by atoms with van der Waals surface area (Å²) >= 11 is 0. The molecule has 0 saturated carbocycles. The van der Waals surface area contributed by atoms with E-state index in [4.69, 9.17) is 9.47 Å². The topological polar surface area (TPSA) is 47.6 Å². The molecule has 0 saturated heterocycles. The van der Waals surface area contributed by atoms with Crippen LogP contribution in [0.15, 0.2) is 72.8 Å². The number of benzene rings is 3. The summed E-state index contributed by atoms with van der Waals surface area (Å²) in [6.07, 6.45) is 0. The molecule has 0 aliphatic carbocycles. The van der Waals surface area contributed by atoms with Crippen molar-refractivity contribution in [3.05, 3.63) is 84.2 Å². The third-order valence-corrected chi connectivity index (χ3v) is 3.63. The molecule has 0 radical (unpaired) electrons. The SMILES string of the molecule is Cc1ccc(NC(=O)COc2ccc(Oc3ccccc3)cc2)cc1F. The number of halogens is 1. The molecule has 3 aromatic carbocycles. The van der Waals surface area contributed by atoms with Crippen molar-refractivity contribution in [3.8, 4) is 17.2 Å². The van der Waals surface area contributed by atoms with Gasteiger partial charge in [-0.1, -0.05) is 24.3 Å². The van der Waals surface area contributed by atoms with E-state index in [0.717, 1.165) is 5.75 Å². The standard InChI is InChI=1S/C21H18FNO3/c1-15-7-8-16(13-20(15)22)23-21(24)14-25-17-9-11-19(12-10-17)26-18-5-3-2-4-6-18/h2-13H,14H2,1H3,(H,23,24). The van der Waals surface area contributed by atoms with Crippen LogP contribution in [0.2, 0.25) is 0 Å². The average molecular weight is 351 g/mol. The van der Waals surface area contributed by atoms with Gasteiger partial charge in [0.25, 0.3) is 5.91 Å². The predicted molar refractivity (Wildman–Crippen MR) is 98.2 cm³/mol. The minimum Gasteiger partial charge on any atom is -0.484 e. The van der Waals surface area contributed by atoms with E-state index in [9.17, 15) is 9.18 Å². The van der Waals surface area contributed by atoms with Crippen LogP contribution in [0.5, 0.6) is 17.2 Å². The number of carbonyl (C=O) groups excluding carboxylic acids is 1. The Morgan fingerprint density at radius 1 is 0.923 bits per heavy atom. The molecule has 0 bridgehead atoms. The van der Waals surface area contributed by atoms with E-state index in [-0.39, 0.29) is 18.3 Å². The Hall–Kier alpha value is -3.34. The first-order chi connectivity index (χ1) is 12.6. The first kappa shape index (κ1) is 17.5. The lowest BCUT2D eigenvalue weighted by Gasteiger charge is -2.09. The Morgan fingerprint density at radius 3 is 2.27 bits per heavy atom. The highest BCUT2D eigenvalue weighted by molar-refractivity contribution is 5.91. The van der Waals surface area contributed by atoms with Gasteiger partial charge in [-0.05, 0) is 61.0 Å². The molecule has 0 aliphatic rings. The largest absolute Gasteiger partial charge is 0.484 e. The van der Waals surface area contributed by atoms with Gasteiger partial charge < -0.3 is 14.8 Å². The number of aryl methyl sites for hydroxylation is 1. The summed E-state index contributed by atoms with van der Waals surface area (Å²) in [7, 11) is 0. The molecule has 0 heterocycles. The van der Waals surface area contributed by atoms with Crippen LogP contribution in [0.4, 0.5) is 10.1 Å². The summed E-state index contributed by atoms with van der Waals surface area (Å²) in [4.78, 5) is 11.9. The second kappa shape index (κ2) is 8.16. The highest BCUT2D eigenvalue weighted by atomic mass is 19.1. The average Bonchev–Trinajstić information content (AvgIpc) is 2.65. The normalized spacial score (nSPS) is 10.2. The number of carbonyl (C=O) groups is 1. The van der Waals surface area contributed by atoms with Gasteiger partial charge in [0.15, 0.2) is 6.61 Å². The fourth-order valence-corrected chi connectivity index (χ4v) is 2.25. The molecule has 132 valence electrons. The Bertz CT molecular complexity index is 880. The third kappa shape index (κ3) is 4.83. The minimum atomic E-state index is -0.363. The van der Waals surface area contributed by atoms with Gasteiger partial charge >= 0.3 is 0 Å². The monoisotopic (exact) mass is 351 g/mol. The molecule has 0 fully saturated rings. The predicted octanol–water partition coefficient (Wildman–Crippen LogP) is 4.94. The van der Waals surface area contributed by atoms with Gasteiger partial charge in [0.2, 0.25) is 0 Å². The Balaban J connectivity index is 1.51. The van der Waals surface area contributed by atoms with Gasteiger partial charge in [0.1, 0.15) is 23.1 Å². The maximum Gasteiger partial charge on any atom is 0.262 e. The molecule has 26 heavy (non-hydrogen) atoms. The molecule has 1 N–H and O–H groups in total. The van der Waals surface area contributed by atoms with Crippen molar-refractivity contribution < 1.29 is 18.7 Å². The van der Waals surface area contributed by atoms with Gasteiger partial charge in [0, 0.05) is 5.69 Å². The number of hydrogen-bond acceptors (Lipinski definition) is 3. The third-order valence-electron chi connectivity index (χ3n) is 3.63. The van der Waals surface area contributed by atoms with Crippen molar-refractivity contribution >= 4 is 11.6 Å². The Labute approximate surface area is 151 Å². The molecule has 1 amide bonds. The highest BCUT2D eigenvalue weighted by Gasteiger charge is 2.06. The maximum absolute atomic E-state index is 13.5. The zero-order chi connectivity index (χ0) is 18.4. The molecule has 4 nitrogen and oxygen atoms in total. The number of amides is 1. The Kier molecular flexibility index (Phi) is 5.49. The smallest absolute Gasteiger partial charge is 0.262 e. The van der Waals surface area contributed by atoms with Crippen LogP contribution in [0.1, 0.15) is 5.56 Å². The molecule has 0 aliphatic heterocycles. The summed E-state index contributed by atoms with van der Waals surface area (Å²) in [5.41, 5.74) is 0.922. The molecular formula is C21H18FNO3. The van der Waals surface area contributed by atoms with Crippen LogP contribution in [-0.4, -0.2) is 12.5 Å². The second-order valence-electron chi connectivity index (χ2n) is 5.69. The summed E-state index contributed by atoms with van der Waals surface area (Å²) in [6.45, 7) is 1.49. The minimum absolute atomic E-state index is 0.172. The number of para-hydroxylation sites is 1. The fraction of sp³-hybridized carbons (Fsp3) is 0.0952. The highest BCUT2D eigenvalue weighted by Crippen LogP contribution is 2.23. The molecule has 5 heteroatoms.